The van der Waals surface area contributed by atoms with Crippen LogP contribution in [0.5, 0.6) is 5.75 Å². The Morgan fingerprint density at radius 2 is 1.67 bits per heavy atom. The Hall–Kier alpha value is -3.92. The van der Waals surface area contributed by atoms with Gasteiger partial charge in [-0.3, -0.25) is 4.99 Å². The third-order valence-electron chi connectivity index (χ3n) is 5.40. The second-order valence-electron chi connectivity index (χ2n) is 7.16. The zero-order valence-corrected chi connectivity index (χ0v) is 16.7. The van der Waals surface area contributed by atoms with Crippen LogP contribution in [0.1, 0.15) is 12.5 Å². The van der Waals surface area contributed by atoms with Gasteiger partial charge in [0.2, 0.25) is 0 Å². The van der Waals surface area contributed by atoms with Crippen LogP contribution in [0, 0.1) is 0 Å². The number of fused-ring (bicyclic) bond motifs is 2. The maximum Gasteiger partial charge on any atom is 0.143 e. The van der Waals surface area contributed by atoms with Gasteiger partial charge in [-0.15, -0.1) is 0 Å². The van der Waals surface area contributed by atoms with Gasteiger partial charge in [-0.05, 0) is 48.0 Å². The summed E-state index contributed by atoms with van der Waals surface area (Å²) in [6.45, 7) is 2.94. The van der Waals surface area contributed by atoms with Crippen molar-refractivity contribution in [2.45, 2.75) is 13.5 Å². The summed E-state index contributed by atoms with van der Waals surface area (Å²) >= 11 is 0. The molecule has 1 N–H and O–H groups in total. The van der Waals surface area contributed by atoms with Gasteiger partial charge in [0.1, 0.15) is 11.6 Å². The average Bonchev–Trinajstić information content (AvgIpc) is 3.17. The highest BCUT2D eigenvalue weighted by Crippen LogP contribution is 2.33. The van der Waals surface area contributed by atoms with Gasteiger partial charge < -0.3 is 9.67 Å². The van der Waals surface area contributed by atoms with E-state index in [2.05, 4.69) is 17.6 Å². The lowest BCUT2D eigenvalue weighted by molar-refractivity contribution is 0.475. The fourth-order valence-corrected chi connectivity index (χ4v) is 3.93. The number of imidazole rings is 1. The van der Waals surface area contributed by atoms with Crippen molar-refractivity contribution in [2.24, 2.45) is 4.99 Å². The molecular formula is C26H21N3O. The second kappa shape index (κ2) is 7.48. The lowest BCUT2D eigenvalue weighted by atomic mass is 10.0. The van der Waals surface area contributed by atoms with E-state index in [9.17, 15) is 5.11 Å². The first kappa shape index (κ1) is 18.1. The normalized spacial score (nSPS) is 11.6. The number of aromatic nitrogens is 2. The summed E-state index contributed by atoms with van der Waals surface area (Å²) in [7, 11) is 0. The highest BCUT2D eigenvalue weighted by molar-refractivity contribution is 6.03. The molecule has 0 aliphatic carbocycles. The van der Waals surface area contributed by atoms with Crippen LogP contribution >= 0.6 is 0 Å². The van der Waals surface area contributed by atoms with Crippen molar-refractivity contribution >= 4 is 33.7 Å². The fourth-order valence-electron chi connectivity index (χ4n) is 3.93. The van der Waals surface area contributed by atoms with Crippen LogP contribution in [0.3, 0.4) is 0 Å². The molecule has 0 atom stereocenters. The van der Waals surface area contributed by atoms with Crippen molar-refractivity contribution < 1.29 is 5.11 Å². The van der Waals surface area contributed by atoms with E-state index in [1.54, 1.807) is 12.3 Å². The van der Waals surface area contributed by atoms with Crippen molar-refractivity contribution in [3.8, 4) is 17.1 Å². The van der Waals surface area contributed by atoms with Gasteiger partial charge in [-0.25, -0.2) is 4.98 Å². The average molecular weight is 391 g/mol. The van der Waals surface area contributed by atoms with E-state index in [1.165, 1.54) is 0 Å². The molecule has 0 saturated carbocycles. The summed E-state index contributed by atoms with van der Waals surface area (Å²) in [6, 6.07) is 27.8. The minimum Gasteiger partial charge on any atom is -0.507 e. The molecule has 0 radical (unpaired) electrons. The van der Waals surface area contributed by atoms with Gasteiger partial charge in [-0.1, -0.05) is 54.6 Å². The number of phenols is 1. The molecule has 0 fully saturated rings. The molecule has 0 saturated heterocycles. The van der Waals surface area contributed by atoms with Crippen molar-refractivity contribution in [3.05, 3.63) is 90.5 Å². The monoisotopic (exact) mass is 391 g/mol. The van der Waals surface area contributed by atoms with Crippen LogP contribution in [-0.2, 0) is 6.54 Å². The Bertz CT molecular complexity index is 1400. The molecule has 0 spiro atoms. The SMILES string of the molecule is CCn1c(-c2ccccc2N=Cc2c(O)ccc3ccccc23)nc2ccccc21. The quantitative estimate of drug-likeness (QED) is 0.364. The number of aliphatic imine (C=N–C) groups is 1. The predicted octanol–water partition coefficient (Wildman–Crippen LogP) is 6.33. The first-order valence-electron chi connectivity index (χ1n) is 10.1. The molecule has 146 valence electrons. The standard InChI is InChI=1S/C26H21N3O/c1-2-29-24-14-8-7-13-23(24)28-26(29)20-11-5-6-12-22(20)27-17-21-19-10-4-3-9-18(19)15-16-25(21)30/h3-17,30H,2H2,1H3. The molecule has 0 aliphatic heterocycles. The van der Waals surface area contributed by atoms with Gasteiger partial charge >= 0.3 is 0 Å². The number of para-hydroxylation sites is 3. The van der Waals surface area contributed by atoms with Crippen molar-refractivity contribution in [3.63, 3.8) is 0 Å². The molecule has 1 aromatic heterocycles. The Labute approximate surface area is 174 Å². The van der Waals surface area contributed by atoms with Gasteiger partial charge in [-0.2, -0.15) is 0 Å². The van der Waals surface area contributed by atoms with E-state index >= 15 is 0 Å². The zero-order chi connectivity index (χ0) is 20.5. The summed E-state index contributed by atoms with van der Waals surface area (Å²) in [5, 5.41) is 12.5. The highest BCUT2D eigenvalue weighted by Gasteiger charge is 2.14. The summed E-state index contributed by atoms with van der Waals surface area (Å²) in [5.74, 6) is 1.12. The largest absolute Gasteiger partial charge is 0.507 e. The highest BCUT2D eigenvalue weighted by atomic mass is 16.3. The van der Waals surface area contributed by atoms with Crippen LogP contribution in [0.15, 0.2) is 89.9 Å². The van der Waals surface area contributed by atoms with Crippen LogP contribution in [0.4, 0.5) is 5.69 Å². The van der Waals surface area contributed by atoms with Crippen molar-refractivity contribution in [1.29, 1.82) is 0 Å². The molecule has 4 aromatic carbocycles. The fraction of sp³-hybridized carbons (Fsp3) is 0.0769. The van der Waals surface area contributed by atoms with Crippen LogP contribution in [-0.4, -0.2) is 20.9 Å². The smallest absolute Gasteiger partial charge is 0.143 e. The summed E-state index contributed by atoms with van der Waals surface area (Å²) in [5.41, 5.74) is 4.58. The maximum atomic E-state index is 10.4. The lowest BCUT2D eigenvalue weighted by Gasteiger charge is -2.09. The van der Waals surface area contributed by atoms with Crippen LogP contribution in [0.25, 0.3) is 33.2 Å². The zero-order valence-electron chi connectivity index (χ0n) is 16.7. The summed E-state index contributed by atoms with van der Waals surface area (Å²) in [4.78, 5) is 9.65. The first-order chi connectivity index (χ1) is 14.8. The third kappa shape index (κ3) is 3.03. The van der Waals surface area contributed by atoms with E-state index < -0.39 is 0 Å². The van der Waals surface area contributed by atoms with Gasteiger partial charge in [0, 0.05) is 23.9 Å². The van der Waals surface area contributed by atoms with Crippen molar-refractivity contribution in [2.75, 3.05) is 0 Å². The summed E-state index contributed by atoms with van der Waals surface area (Å²) in [6.07, 6.45) is 1.75. The van der Waals surface area contributed by atoms with Crippen LogP contribution in [0.2, 0.25) is 0 Å². The Morgan fingerprint density at radius 3 is 2.57 bits per heavy atom. The Balaban J connectivity index is 1.65. The predicted molar refractivity (Wildman–Crippen MR) is 124 cm³/mol. The molecule has 4 nitrogen and oxygen atoms in total. The Morgan fingerprint density at radius 1 is 0.900 bits per heavy atom. The van der Waals surface area contributed by atoms with Gasteiger partial charge in [0.25, 0.3) is 0 Å². The van der Waals surface area contributed by atoms with E-state index in [1.807, 2.05) is 72.8 Å². The lowest BCUT2D eigenvalue weighted by Crippen LogP contribution is -1.97. The third-order valence-corrected chi connectivity index (χ3v) is 5.40. The van der Waals surface area contributed by atoms with E-state index in [4.69, 9.17) is 9.98 Å². The van der Waals surface area contributed by atoms with E-state index in [0.717, 1.165) is 45.4 Å². The minimum atomic E-state index is 0.218. The minimum absolute atomic E-state index is 0.218. The van der Waals surface area contributed by atoms with E-state index in [-0.39, 0.29) is 5.75 Å². The molecule has 0 unspecified atom stereocenters. The molecular weight excluding hydrogens is 370 g/mol. The second-order valence-corrected chi connectivity index (χ2v) is 7.16. The number of hydrogen-bond acceptors (Lipinski definition) is 3. The maximum absolute atomic E-state index is 10.4. The van der Waals surface area contributed by atoms with Gasteiger partial charge in [0.15, 0.2) is 0 Å². The molecule has 30 heavy (non-hydrogen) atoms. The van der Waals surface area contributed by atoms with E-state index in [0.29, 0.717) is 5.56 Å². The molecule has 1 heterocycles. The number of benzene rings is 4. The van der Waals surface area contributed by atoms with Crippen molar-refractivity contribution in [1.82, 2.24) is 9.55 Å². The number of nitrogens with zero attached hydrogens (tertiary/aromatic N) is 3. The topological polar surface area (TPSA) is 50.4 Å². The molecule has 5 rings (SSSR count). The Kier molecular flexibility index (Phi) is 4.52. The van der Waals surface area contributed by atoms with Gasteiger partial charge in [0.05, 0.1) is 16.7 Å². The summed E-state index contributed by atoms with van der Waals surface area (Å²) < 4.78 is 2.21. The number of aryl methyl sites for hydroxylation is 1. The number of aromatic hydroxyl groups is 1. The number of rotatable bonds is 4. The molecule has 0 aliphatic rings. The number of hydrogen-bond donors (Lipinski definition) is 1. The molecule has 5 aromatic rings. The molecule has 0 bridgehead atoms. The number of phenolic OH excluding ortho intramolecular Hbond substituents is 1. The molecule has 0 amide bonds. The first-order valence-corrected chi connectivity index (χ1v) is 10.1. The van der Waals surface area contributed by atoms with Crippen LogP contribution < -0.4 is 0 Å². The molecule has 4 heteroatoms.